The fourth-order valence-electron chi connectivity index (χ4n) is 4.40. The Morgan fingerprint density at radius 1 is 1.19 bits per heavy atom. The van der Waals surface area contributed by atoms with E-state index in [-0.39, 0.29) is 24.5 Å². The Morgan fingerprint density at radius 3 is 2.52 bits per heavy atom. The van der Waals surface area contributed by atoms with Crippen LogP contribution >= 0.6 is 0 Å². The predicted octanol–water partition coefficient (Wildman–Crippen LogP) is 1.19. The molecule has 0 aromatic heterocycles. The number of nitrogens with one attached hydrogen (secondary N) is 1. The normalized spacial score (nSPS) is 34.0. The molecule has 3 atom stereocenters. The van der Waals surface area contributed by atoms with E-state index in [1.807, 2.05) is 0 Å². The topological polar surface area (TPSA) is 89.9 Å². The van der Waals surface area contributed by atoms with E-state index < -0.39 is 11.5 Å². The molecule has 3 rings (SSSR count). The van der Waals surface area contributed by atoms with Gasteiger partial charge in [0.15, 0.2) is 0 Å². The highest BCUT2D eigenvalue weighted by atomic mass is 16.4. The predicted molar refractivity (Wildman–Crippen MR) is 75.8 cm³/mol. The van der Waals surface area contributed by atoms with Crippen molar-refractivity contribution in [1.82, 2.24) is 10.2 Å². The summed E-state index contributed by atoms with van der Waals surface area (Å²) in [5.41, 5.74) is -0.570. The van der Waals surface area contributed by atoms with Crippen molar-refractivity contribution in [2.24, 2.45) is 11.8 Å². The zero-order valence-corrected chi connectivity index (χ0v) is 12.3. The lowest BCUT2D eigenvalue weighted by Gasteiger charge is -2.31. The lowest BCUT2D eigenvalue weighted by molar-refractivity contribution is -0.138. The van der Waals surface area contributed by atoms with Gasteiger partial charge in [-0.2, -0.15) is 0 Å². The van der Waals surface area contributed by atoms with Crippen molar-refractivity contribution in [3.63, 3.8) is 0 Å². The Hall–Kier alpha value is -1.30. The third kappa shape index (κ3) is 2.86. The van der Waals surface area contributed by atoms with Crippen LogP contribution in [0, 0.1) is 11.8 Å². The van der Waals surface area contributed by atoms with Crippen molar-refractivity contribution in [2.75, 3.05) is 13.1 Å². The highest BCUT2D eigenvalue weighted by Crippen LogP contribution is 2.39. The number of rotatable bonds is 3. The number of carboxylic acids is 1. The van der Waals surface area contributed by atoms with Gasteiger partial charge in [-0.25, -0.2) is 4.79 Å². The average Bonchev–Trinajstić information content (AvgIpc) is 3.07. The van der Waals surface area contributed by atoms with Gasteiger partial charge in [0.1, 0.15) is 0 Å². The third-order valence-corrected chi connectivity index (χ3v) is 5.53. The quantitative estimate of drug-likeness (QED) is 0.729. The Bertz CT molecular complexity index is 433. The van der Waals surface area contributed by atoms with Gasteiger partial charge in [-0.15, -0.1) is 0 Å². The lowest BCUT2D eigenvalue weighted by atomic mass is 9.93. The largest absolute Gasteiger partial charge is 0.481 e. The van der Waals surface area contributed by atoms with Crippen molar-refractivity contribution in [2.45, 2.75) is 56.6 Å². The van der Waals surface area contributed by atoms with Crippen molar-refractivity contribution in [3.8, 4) is 0 Å². The molecule has 6 nitrogen and oxygen atoms in total. The van der Waals surface area contributed by atoms with E-state index in [1.165, 1.54) is 0 Å². The van der Waals surface area contributed by atoms with Crippen LogP contribution in [-0.2, 0) is 4.79 Å². The van der Waals surface area contributed by atoms with Gasteiger partial charge < -0.3 is 20.4 Å². The zero-order chi connectivity index (χ0) is 15.0. The molecule has 3 unspecified atom stereocenters. The van der Waals surface area contributed by atoms with Crippen LogP contribution in [0.2, 0.25) is 0 Å². The third-order valence-electron chi connectivity index (χ3n) is 5.53. The van der Waals surface area contributed by atoms with Crippen LogP contribution in [-0.4, -0.2) is 51.8 Å². The van der Waals surface area contributed by atoms with E-state index in [9.17, 15) is 14.7 Å². The zero-order valence-electron chi connectivity index (χ0n) is 12.3. The van der Waals surface area contributed by atoms with Crippen LogP contribution in [0.25, 0.3) is 0 Å². The monoisotopic (exact) mass is 296 g/mol. The van der Waals surface area contributed by atoms with Gasteiger partial charge in [0.25, 0.3) is 0 Å². The molecule has 3 fully saturated rings. The molecule has 1 aliphatic heterocycles. The summed E-state index contributed by atoms with van der Waals surface area (Å²) in [5.74, 6) is -0.245. The summed E-state index contributed by atoms with van der Waals surface area (Å²) in [6.45, 7) is 1.29. The molecule has 0 aromatic rings. The molecule has 1 heterocycles. The average molecular weight is 296 g/mol. The molecule has 0 aromatic carbocycles. The molecule has 2 amide bonds. The number of fused-ring (bicyclic) bond motifs is 1. The van der Waals surface area contributed by atoms with Crippen molar-refractivity contribution < 1.29 is 19.8 Å². The molecule has 6 heteroatoms. The second-order valence-corrected chi connectivity index (χ2v) is 6.96. The minimum atomic E-state index is -0.856. The summed E-state index contributed by atoms with van der Waals surface area (Å²) in [6.07, 6.45) is 4.97. The van der Waals surface area contributed by atoms with Gasteiger partial charge >= 0.3 is 12.0 Å². The maximum Gasteiger partial charge on any atom is 0.317 e. The summed E-state index contributed by atoms with van der Waals surface area (Å²) in [5, 5.41) is 22.0. The van der Waals surface area contributed by atoms with Crippen molar-refractivity contribution in [1.29, 1.82) is 0 Å². The summed E-state index contributed by atoms with van der Waals surface area (Å²) in [7, 11) is 0. The fourth-order valence-corrected chi connectivity index (χ4v) is 4.40. The van der Waals surface area contributed by atoms with E-state index in [1.54, 1.807) is 4.90 Å². The Morgan fingerprint density at radius 2 is 1.90 bits per heavy atom. The van der Waals surface area contributed by atoms with E-state index in [0.29, 0.717) is 19.0 Å². The number of aliphatic hydroxyl groups excluding tert-OH is 1. The van der Waals surface area contributed by atoms with Gasteiger partial charge in [-0.05, 0) is 31.6 Å². The number of carbonyl (C=O) groups is 2. The first-order chi connectivity index (χ1) is 9.99. The highest BCUT2D eigenvalue weighted by molar-refractivity contribution is 5.77. The van der Waals surface area contributed by atoms with E-state index in [0.717, 1.165) is 38.5 Å². The van der Waals surface area contributed by atoms with Crippen LogP contribution < -0.4 is 5.32 Å². The first kappa shape index (κ1) is 14.6. The molecular weight excluding hydrogens is 272 g/mol. The number of likely N-dealkylation sites (tertiary alicyclic amines) is 1. The molecule has 3 aliphatic rings. The lowest BCUT2D eigenvalue weighted by Crippen LogP contribution is -2.52. The van der Waals surface area contributed by atoms with Gasteiger partial charge in [0.2, 0.25) is 0 Å². The summed E-state index contributed by atoms with van der Waals surface area (Å²) in [6, 6.07) is -0.153. The molecule has 3 N–H and O–H groups in total. The maximum atomic E-state index is 12.5. The number of nitrogens with zero attached hydrogens (tertiary/aromatic N) is 1. The number of amides is 2. The highest BCUT2D eigenvalue weighted by Gasteiger charge is 2.45. The van der Waals surface area contributed by atoms with Gasteiger partial charge in [-0.3, -0.25) is 4.79 Å². The first-order valence-electron chi connectivity index (χ1n) is 7.96. The number of hydrogen-bond donors (Lipinski definition) is 3. The molecule has 1 saturated heterocycles. The van der Waals surface area contributed by atoms with E-state index in [2.05, 4.69) is 5.32 Å². The molecular formula is C15H24N2O4. The van der Waals surface area contributed by atoms with Gasteiger partial charge in [-0.1, -0.05) is 12.8 Å². The van der Waals surface area contributed by atoms with Crippen LogP contribution in [0.1, 0.15) is 44.9 Å². The summed E-state index contributed by atoms with van der Waals surface area (Å²) in [4.78, 5) is 25.3. The summed E-state index contributed by atoms with van der Waals surface area (Å²) >= 11 is 0. The molecule has 0 radical (unpaired) electrons. The number of hydrogen-bond acceptors (Lipinski definition) is 3. The minimum Gasteiger partial charge on any atom is -0.481 e. The number of urea groups is 1. The van der Waals surface area contributed by atoms with Crippen molar-refractivity contribution in [3.05, 3.63) is 0 Å². The van der Waals surface area contributed by atoms with Gasteiger partial charge in [0, 0.05) is 19.0 Å². The Kier molecular flexibility index (Phi) is 3.82. The van der Waals surface area contributed by atoms with Crippen LogP contribution in [0.15, 0.2) is 0 Å². The molecule has 0 bridgehead atoms. The molecule has 0 spiro atoms. The summed E-state index contributed by atoms with van der Waals surface area (Å²) < 4.78 is 0. The number of aliphatic hydroxyl groups is 1. The fraction of sp³-hybridized carbons (Fsp3) is 0.867. The van der Waals surface area contributed by atoms with Crippen LogP contribution in [0.3, 0.4) is 0 Å². The molecule has 21 heavy (non-hydrogen) atoms. The number of carboxylic acid groups (broad SMARTS) is 1. The maximum absolute atomic E-state index is 12.5. The molecule has 2 aliphatic carbocycles. The second kappa shape index (κ2) is 5.48. The SMILES string of the molecule is O=C(O)CC1(NC(=O)N2CC3CCC(O)C3C2)CCCC1. The first-order valence-corrected chi connectivity index (χ1v) is 7.96. The van der Waals surface area contributed by atoms with E-state index >= 15 is 0 Å². The van der Waals surface area contributed by atoms with Crippen LogP contribution in [0.4, 0.5) is 4.79 Å². The standard InChI is InChI=1S/C15H24N2O4/c18-12-4-3-10-8-17(9-11(10)12)14(21)16-15(7-13(19)20)5-1-2-6-15/h10-12,18H,1-9H2,(H,16,21)(H,19,20). The molecule has 118 valence electrons. The van der Waals surface area contributed by atoms with Crippen molar-refractivity contribution >= 4 is 12.0 Å². The smallest absolute Gasteiger partial charge is 0.317 e. The van der Waals surface area contributed by atoms with Gasteiger partial charge in [0.05, 0.1) is 18.1 Å². The van der Waals surface area contributed by atoms with Crippen LogP contribution in [0.5, 0.6) is 0 Å². The Labute approximate surface area is 124 Å². The second-order valence-electron chi connectivity index (χ2n) is 6.96. The molecule has 2 saturated carbocycles. The number of aliphatic carboxylic acids is 1. The number of carbonyl (C=O) groups excluding carboxylic acids is 1. The minimum absolute atomic E-state index is 0.00205. The van der Waals surface area contributed by atoms with E-state index in [4.69, 9.17) is 5.11 Å². The Balaban J connectivity index is 1.62.